The second-order valence-corrected chi connectivity index (χ2v) is 6.41. The molecule has 1 amide bonds. The number of carbonyl (C=O) groups excluding carboxylic acids is 1. The molecule has 1 fully saturated rings. The number of hydrogen-bond acceptors (Lipinski definition) is 5. The predicted molar refractivity (Wildman–Crippen MR) is 88.6 cm³/mol. The third-order valence-corrected chi connectivity index (χ3v) is 4.76. The van der Waals surface area contributed by atoms with Crippen LogP contribution in [-0.2, 0) is 11.3 Å². The Morgan fingerprint density at radius 1 is 1.19 bits per heavy atom. The largest absolute Gasteiger partial charge is 0.489 e. The van der Waals surface area contributed by atoms with Gasteiger partial charge in [-0.3, -0.25) is 4.79 Å². The highest BCUT2D eigenvalue weighted by atomic mass is 19.1. The molecule has 1 aromatic heterocycles. The van der Waals surface area contributed by atoms with Gasteiger partial charge in [0.05, 0.1) is 12.5 Å². The van der Waals surface area contributed by atoms with Crippen molar-refractivity contribution in [2.75, 3.05) is 0 Å². The van der Waals surface area contributed by atoms with Crippen molar-refractivity contribution >= 4 is 5.91 Å². The van der Waals surface area contributed by atoms with Gasteiger partial charge in [-0.15, -0.1) is 0 Å². The molecule has 1 aliphatic heterocycles. The number of fused-ring (bicyclic) bond motifs is 3. The van der Waals surface area contributed by atoms with E-state index in [4.69, 9.17) is 9.26 Å². The van der Waals surface area contributed by atoms with Crippen LogP contribution in [0.25, 0.3) is 11.4 Å². The van der Waals surface area contributed by atoms with Crippen LogP contribution in [0.3, 0.4) is 0 Å². The Morgan fingerprint density at radius 3 is 2.88 bits per heavy atom. The van der Waals surface area contributed by atoms with Gasteiger partial charge in [0.15, 0.2) is 0 Å². The van der Waals surface area contributed by atoms with Crippen LogP contribution in [0.15, 0.2) is 53.1 Å². The summed E-state index contributed by atoms with van der Waals surface area (Å²) in [4.78, 5) is 16.7. The average Bonchev–Trinajstić information content (AvgIpc) is 3.01. The number of carbonyl (C=O) groups is 1. The first-order valence-electron chi connectivity index (χ1n) is 8.32. The van der Waals surface area contributed by atoms with E-state index >= 15 is 0 Å². The fourth-order valence-electron chi connectivity index (χ4n) is 3.46. The van der Waals surface area contributed by atoms with Gasteiger partial charge in [0.1, 0.15) is 17.7 Å². The number of nitrogens with zero attached hydrogens (tertiary/aromatic N) is 2. The smallest absolute Gasteiger partial charge is 0.246 e. The summed E-state index contributed by atoms with van der Waals surface area (Å²) in [6.45, 7) is 0.143. The van der Waals surface area contributed by atoms with Gasteiger partial charge in [0.2, 0.25) is 17.6 Å². The topological polar surface area (TPSA) is 77.3 Å². The lowest BCUT2D eigenvalue weighted by molar-refractivity contribution is -0.123. The maximum absolute atomic E-state index is 13.4. The maximum Gasteiger partial charge on any atom is 0.246 e. The first-order valence-corrected chi connectivity index (χ1v) is 8.32. The highest BCUT2D eigenvalue weighted by molar-refractivity contribution is 5.85. The van der Waals surface area contributed by atoms with E-state index in [9.17, 15) is 9.18 Å². The normalized spacial score (nSPS) is 22.3. The molecular formula is C19H14FN3O3. The minimum absolute atomic E-state index is 0.0803. The van der Waals surface area contributed by atoms with E-state index in [2.05, 4.69) is 15.5 Å². The molecule has 2 heterocycles. The first-order chi connectivity index (χ1) is 12.7. The maximum atomic E-state index is 13.4. The molecule has 3 unspecified atom stereocenters. The van der Waals surface area contributed by atoms with Gasteiger partial charge in [-0.25, -0.2) is 4.39 Å². The van der Waals surface area contributed by atoms with Crippen LogP contribution < -0.4 is 10.1 Å². The minimum Gasteiger partial charge on any atom is -0.489 e. The molecular weight excluding hydrogens is 337 g/mol. The van der Waals surface area contributed by atoms with Gasteiger partial charge < -0.3 is 14.6 Å². The summed E-state index contributed by atoms with van der Waals surface area (Å²) in [6, 6.07) is 13.9. The second-order valence-electron chi connectivity index (χ2n) is 6.41. The Morgan fingerprint density at radius 2 is 2.04 bits per heavy atom. The van der Waals surface area contributed by atoms with Crippen molar-refractivity contribution in [3.05, 3.63) is 65.8 Å². The van der Waals surface area contributed by atoms with Gasteiger partial charge >= 0.3 is 0 Å². The molecule has 2 aliphatic rings. The van der Waals surface area contributed by atoms with Crippen LogP contribution in [0.1, 0.15) is 17.4 Å². The van der Waals surface area contributed by atoms with Crippen molar-refractivity contribution in [3.63, 3.8) is 0 Å². The van der Waals surface area contributed by atoms with E-state index in [-0.39, 0.29) is 36.2 Å². The molecule has 0 saturated heterocycles. The lowest BCUT2D eigenvalue weighted by Gasteiger charge is -2.08. The third-order valence-electron chi connectivity index (χ3n) is 4.76. The molecule has 7 heteroatoms. The minimum atomic E-state index is -0.321. The lowest BCUT2D eigenvalue weighted by Crippen LogP contribution is -2.27. The van der Waals surface area contributed by atoms with Crippen molar-refractivity contribution in [2.45, 2.75) is 18.6 Å². The molecule has 0 bridgehead atoms. The van der Waals surface area contributed by atoms with E-state index in [1.165, 1.54) is 12.1 Å². The van der Waals surface area contributed by atoms with E-state index in [0.717, 1.165) is 11.1 Å². The zero-order valence-electron chi connectivity index (χ0n) is 13.6. The zero-order chi connectivity index (χ0) is 17.7. The Balaban J connectivity index is 1.23. The van der Waals surface area contributed by atoms with Crippen molar-refractivity contribution in [1.82, 2.24) is 15.5 Å². The average molecular weight is 351 g/mol. The molecule has 6 nitrogen and oxygen atoms in total. The monoisotopic (exact) mass is 351 g/mol. The molecule has 1 aliphatic carbocycles. The number of benzene rings is 2. The van der Waals surface area contributed by atoms with Gasteiger partial charge in [0.25, 0.3) is 0 Å². The van der Waals surface area contributed by atoms with Crippen LogP contribution in [0.2, 0.25) is 0 Å². The summed E-state index contributed by atoms with van der Waals surface area (Å²) in [5.41, 5.74) is 1.61. The van der Waals surface area contributed by atoms with E-state index in [1.807, 2.05) is 30.3 Å². The van der Waals surface area contributed by atoms with Gasteiger partial charge in [-0.2, -0.15) is 4.98 Å². The molecule has 3 atom stereocenters. The molecule has 5 rings (SSSR count). The highest BCUT2D eigenvalue weighted by Gasteiger charge is 2.62. The standard InChI is InChI=1S/C19H14FN3O3/c20-11-6-7-13-12(8-11)15-16(17(15)25-13)19(24)21-9-14-22-18(23-26-14)10-4-2-1-3-5-10/h1-8,15-17H,9H2,(H,21,24). The molecule has 2 aromatic carbocycles. The van der Waals surface area contributed by atoms with Crippen LogP contribution in [0.5, 0.6) is 5.75 Å². The summed E-state index contributed by atoms with van der Waals surface area (Å²) in [7, 11) is 0. The van der Waals surface area contributed by atoms with Crippen LogP contribution in [-0.4, -0.2) is 22.2 Å². The Kier molecular flexibility index (Phi) is 3.28. The van der Waals surface area contributed by atoms with Gasteiger partial charge in [-0.1, -0.05) is 35.5 Å². The SMILES string of the molecule is O=C(NCc1nc(-c2ccccc2)no1)C1C2Oc3ccc(F)cc3C21. The predicted octanol–water partition coefficient (Wildman–Crippen LogP) is 2.67. The fraction of sp³-hybridized carbons (Fsp3) is 0.211. The Bertz CT molecular complexity index is 989. The molecule has 0 spiro atoms. The number of rotatable bonds is 4. The third kappa shape index (κ3) is 2.44. The van der Waals surface area contributed by atoms with E-state index < -0.39 is 0 Å². The summed E-state index contributed by atoms with van der Waals surface area (Å²) >= 11 is 0. The summed E-state index contributed by atoms with van der Waals surface area (Å²) in [6.07, 6.45) is -0.214. The molecule has 26 heavy (non-hydrogen) atoms. The van der Waals surface area contributed by atoms with E-state index in [1.54, 1.807) is 6.07 Å². The molecule has 1 saturated carbocycles. The van der Waals surface area contributed by atoms with Crippen molar-refractivity contribution in [2.24, 2.45) is 5.92 Å². The number of halogens is 1. The molecule has 130 valence electrons. The van der Waals surface area contributed by atoms with Crippen molar-refractivity contribution in [3.8, 4) is 17.1 Å². The lowest BCUT2D eigenvalue weighted by atomic mass is 10.1. The number of aromatic nitrogens is 2. The van der Waals surface area contributed by atoms with Crippen LogP contribution in [0.4, 0.5) is 4.39 Å². The number of amides is 1. The Hall–Kier alpha value is -3.22. The van der Waals surface area contributed by atoms with Crippen LogP contribution in [0, 0.1) is 11.7 Å². The van der Waals surface area contributed by atoms with Crippen molar-refractivity contribution < 1.29 is 18.4 Å². The number of hydrogen-bond donors (Lipinski definition) is 1. The van der Waals surface area contributed by atoms with E-state index in [0.29, 0.717) is 17.5 Å². The van der Waals surface area contributed by atoms with Gasteiger partial charge in [0, 0.05) is 17.0 Å². The first kappa shape index (κ1) is 15.1. The second kappa shape index (κ2) is 5.66. The summed E-state index contributed by atoms with van der Waals surface area (Å²) in [5.74, 6) is 0.605. The fourth-order valence-corrected chi connectivity index (χ4v) is 3.46. The summed E-state index contributed by atoms with van der Waals surface area (Å²) in [5, 5.41) is 6.71. The number of ether oxygens (including phenoxy) is 1. The Labute approximate surface area is 148 Å². The molecule has 0 radical (unpaired) electrons. The van der Waals surface area contributed by atoms with Crippen molar-refractivity contribution in [1.29, 1.82) is 0 Å². The van der Waals surface area contributed by atoms with Crippen LogP contribution >= 0.6 is 0 Å². The number of nitrogens with one attached hydrogen (secondary N) is 1. The molecule has 3 aromatic rings. The quantitative estimate of drug-likeness (QED) is 0.782. The van der Waals surface area contributed by atoms with Gasteiger partial charge in [-0.05, 0) is 18.2 Å². The summed E-state index contributed by atoms with van der Waals surface area (Å²) < 4.78 is 24.3. The molecule has 1 N–H and O–H groups in total. The zero-order valence-corrected chi connectivity index (χ0v) is 13.6. The highest BCUT2D eigenvalue weighted by Crippen LogP contribution is 2.58.